The monoisotopic (exact) mass is 385 g/mol. The summed E-state index contributed by atoms with van der Waals surface area (Å²) in [5.74, 6) is 0.685. The number of benzene rings is 1. The molecule has 2 unspecified atom stereocenters. The lowest BCUT2D eigenvalue weighted by molar-refractivity contribution is -0.196. The van der Waals surface area contributed by atoms with Crippen LogP contribution in [-0.2, 0) is 14.3 Å². The lowest BCUT2D eigenvalue weighted by atomic mass is 9.48. The van der Waals surface area contributed by atoms with E-state index < -0.39 is 11.0 Å². The molecule has 4 fully saturated rings. The smallest absolute Gasteiger partial charge is 0.312 e. The molecule has 0 saturated heterocycles. The van der Waals surface area contributed by atoms with Crippen LogP contribution in [0.25, 0.3) is 0 Å². The molecule has 0 heterocycles. The van der Waals surface area contributed by atoms with E-state index in [1.807, 2.05) is 24.3 Å². The van der Waals surface area contributed by atoms with Gasteiger partial charge in [-0.1, -0.05) is 26.0 Å². The van der Waals surface area contributed by atoms with Crippen molar-refractivity contribution in [2.45, 2.75) is 70.3 Å². The minimum atomic E-state index is -0.706. The number of hydrogen-bond acceptors (Lipinski definition) is 4. The fourth-order valence-corrected chi connectivity index (χ4v) is 6.06. The summed E-state index contributed by atoms with van der Waals surface area (Å²) in [6.45, 7) is 4.05. The number of rotatable bonds is 6. The zero-order valence-corrected chi connectivity index (χ0v) is 16.9. The van der Waals surface area contributed by atoms with Crippen molar-refractivity contribution in [3.63, 3.8) is 0 Å². The Morgan fingerprint density at radius 1 is 1.18 bits per heavy atom. The number of hydrogen-bond donors (Lipinski definition) is 2. The van der Waals surface area contributed by atoms with Crippen LogP contribution in [0.1, 0.15) is 70.3 Å². The third kappa shape index (κ3) is 3.69. The van der Waals surface area contributed by atoms with Crippen molar-refractivity contribution >= 4 is 17.6 Å². The molecule has 28 heavy (non-hydrogen) atoms. The van der Waals surface area contributed by atoms with Crippen LogP contribution in [0, 0.1) is 17.3 Å². The highest BCUT2D eigenvalue weighted by molar-refractivity contribution is 5.93. The average molecular weight is 386 g/mol. The zero-order chi connectivity index (χ0) is 19.9. The van der Waals surface area contributed by atoms with Gasteiger partial charge in [0.1, 0.15) is 0 Å². The van der Waals surface area contributed by atoms with Gasteiger partial charge in [0.15, 0.2) is 6.61 Å². The minimum absolute atomic E-state index is 0.276. The predicted molar refractivity (Wildman–Crippen MR) is 107 cm³/mol. The molecule has 0 spiro atoms. The van der Waals surface area contributed by atoms with Gasteiger partial charge in [-0.15, -0.1) is 0 Å². The Labute approximate surface area is 166 Å². The van der Waals surface area contributed by atoms with E-state index in [1.165, 1.54) is 5.56 Å². The largest absolute Gasteiger partial charge is 0.455 e. The summed E-state index contributed by atoms with van der Waals surface area (Å²) in [6.07, 6.45) is 5.89. The second-order valence-corrected chi connectivity index (χ2v) is 9.52. The number of esters is 1. The van der Waals surface area contributed by atoms with Crippen LogP contribution >= 0.6 is 0 Å². The van der Waals surface area contributed by atoms with Gasteiger partial charge in [-0.25, -0.2) is 0 Å². The SMILES string of the molecule is CC[C@@H](C)c1ccc(NC(=O)COC(=O)C23C[C@@H]4C[C@@H](CC(O)(C4)C2)C3)cc1. The molecule has 4 aliphatic rings. The number of aliphatic hydroxyl groups is 1. The Kier molecular flexibility index (Phi) is 4.98. The van der Waals surface area contributed by atoms with Crippen molar-refractivity contribution in [1.82, 2.24) is 0 Å². The standard InChI is InChI=1S/C23H31NO4/c1-3-15(2)18-4-6-19(7-5-18)24-20(25)13-28-21(26)22-9-16-8-17(10-22)12-23(27,11-16)14-22/h4-7,15-17,27H,3,8-14H2,1-2H3,(H,24,25)/t15-,16-,17+,22?,23?/m1/s1. The quantitative estimate of drug-likeness (QED) is 0.726. The molecule has 5 atom stereocenters. The first-order chi connectivity index (χ1) is 13.3. The van der Waals surface area contributed by atoms with E-state index in [0.29, 0.717) is 29.9 Å². The van der Waals surface area contributed by atoms with Crippen molar-refractivity contribution in [2.75, 3.05) is 11.9 Å². The molecule has 152 valence electrons. The molecule has 0 aromatic heterocycles. The van der Waals surface area contributed by atoms with Gasteiger partial charge in [0.05, 0.1) is 11.0 Å². The first kappa shape index (κ1) is 19.4. The molecular formula is C23H31NO4. The van der Waals surface area contributed by atoms with Crippen LogP contribution in [0.2, 0.25) is 0 Å². The molecule has 1 amide bonds. The van der Waals surface area contributed by atoms with E-state index in [0.717, 1.165) is 38.5 Å². The van der Waals surface area contributed by atoms with Crippen LogP contribution < -0.4 is 5.32 Å². The van der Waals surface area contributed by atoms with Crippen LogP contribution in [-0.4, -0.2) is 29.2 Å². The molecule has 4 saturated carbocycles. The zero-order valence-electron chi connectivity index (χ0n) is 16.9. The molecule has 0 aliphatic heterocycles. The van der Waals surface area contributed by atoms with E-state index >= 15 is 0 Å². The summed E-state index contributed by atoms with van der Waals surface area (Å²) in [5.41, 5.74) is 0.656. The summed E-state index contributed by atoms with van der Waals surface area (Å²) >= 11 is 0. The molecule has 1 aromatic rings. The molecule has 4 bridgehead atoms. The van der Waals surface area contributed by atoms with Crippen LogP contribution in [0.15, 0.2) is 24.3 Å². The normalized spacial score (nSPS) is 34.1. The molecule has 5 heteroatoms. The molecule has 5 rings (SSSR count). The summed E-state index contributed by atoms with van der Waals surface area (Å²) in [5, 5.41) is 13.6. The Morgan fingerprint density at radius 3 is 2.39 bits per heavy atom. The Hall–Kier alpha value is -1.88. The van der Waals surface area contributed by atoms with E-state index in [-0.39, 0.29) is 18.5 Å². The number of anilines is 1. The average Bonchev–Trinajstić information content (AvgIpc) is 2.64. The number of nitrogens with one attached hydrogen (secondary N) is 1. The summed E-state index contributed by atoms with van der Waals surface area (Å²) < 4.78 is 5.42. The first-order valence-corrected chi connectivity index (χ1v) is 10.6. The number of carbonyl (C=O) groups is 2. The van der Waals surface area contributed by atoms with Crippen molar-refractivity contribution < 1.29 is 19.4 Å². The van der Waals surface area contributed by atoms with Gasteiger partial charge in [0.25, 0.3) is 5.91 Å². The lowest BCUT2D eigenvalue weighted by Gasteiger charge is -2.58. The number of amides is 1. The maximum Gasteiger partial charge on any atom is 0.312 e. The molecule has 2 N–H and O–H groups in total. The molecule has 5 nitrogen and oxygen atoms in total. The minimum Gasteiger partial charge on any atom is -0.455 e. The molecule has 4 aliphatic carbocycles. The third-order valence-corrected chi connectivity index (χ3v) is 7.17. The van der Waals surface area contributed by atoms with Crippen molar-refractivity contribution in [1.29, 1.82) is 0 Å². The number of ether oxygens (including phenoxy) is 1. The maximum atomic E-state index is 12.8. The van der Waals surface area contributed by atoms with Gasteiger partial charge in [0.2, 0.25) is 0 Å². The molecular weight excluding hydrogens is 354 g/mol. The Morgan fingerprint density at radius 2 is 1.82 bits per heavy atom. The second kappa shape index (κ2) is 7.18. The fraction of sp³-hybridized carbons (Fsp3) is 0.652. The molecule has 0 radical (unpaired) electrons. The number of carbonyl (C=O) groups excluding carboxylic acids is 2. The lowest BCUT2D eigenvalue weighted by Crippen LogP contribution is -2.58. The van der Waals surface area contributed by atoms with Gasteiger partial charge >= 0.3 is 5.97 Å². The second-order valence-electron chi connectivity index (χ2n) is 9.52. The topological polar surface area (TPSA) is 75.6 Å². The van der Waals surface area contributed by atoms with Gasteiger partial charge in [-0.3, -0.25) is 9.59 Å². The maximum absolute atomic E-state index is 12.8. The van der Waals surface area contributed by atoms with Gasteiger partial charge < -0.3 is 15.2 Å². The Balaban J connectivity index is 1.32. The van der Waals surface area contributed by atoms with Gasteiger partial charge in [0, 0.05) is 5.69 Å². The predicted octanol–water partition coefficient (Wildman–Crippen LogP) is 4.01. The molecule has 1 aromatic carbocycles. The third-order valence-electron chi connectivity index (χ3n) is 7.17. The highest BCUT2D eigenvalue weighted by Crippen LogP contribution is 2.61. The highest BCUT2D eigenvalue weighted by atomic mass is 16.5. The van der Waals surface area contributed by atoms with Crippen molar-refractivity contribution in [2.24, 2.45) is 17.3 Å². The van der Waals surface area contributed by atoms with Crippen LogP contribution in [0.3, 0.4) is 0 Å². The van der Waals surface area contributed by atoms with E-state index in [2.05, 4.69) is 19.2 Å². The first-order valence-electron chi connectivity index (χ1n) is 10.6. The van der Waals surface area contributed by atoms with Crippen LogP contribution in [0.5, 0.6) is 0 Å². The highest BCUT2D eigenvalue weighted by Gasteiger charge is 2.60. The Bertz CT molecular complexity index is 742. The van der Waals surface area contributed by atoms with Crippen molar-refractivity contribution in [3.05, 3.63) is 29.8 Å². The van der Waals surface area contributed by atoms with E-state index in [9.17, 15) is 14.7 Å². The van der Waals surface area contributed by atoms with E-state index in [4.69, 9.17) is 4.74 Å². The summed E-state index contributed by atoms with van der Waals surface area (Å²) in [6, 6.07) is 7.81. The van der Waals surface area contributed by atoms with Crippen LogP contribution in [0.4, 0.5) is 5.69 Å². The van der Waals surface area contributed by atoms with Gasteiger partial charge in [-0.05, 0) is 80.4 Å². The van der Waals surface area contributed by atoms with Crippen molar-refractivity contribution in [3.8, 4) is 0 Å². The van der Waals surface area contributed by atoms with E-state index in [1.54, 1.807) is 0 Å². The summed E-state index contributed by atoms with van der Waals surface area (Å²) in [4.78, 5) is 25.1. The van der Waals surface area contributed by atoms with Gasteiger partial charge in [-0.2, -0.15) is 0 Å². The fourth-order valence-electron chi connectivity index (χ4n) is 6.06. The summed E-state index contributed by atoms with van der Waals surface area (Å²) in [7, 11) is 0.